The molecule has 3 fully saturated rings. The summed E-state index contributed by atoms with van der Waals surface area (Å²) < 4.78 is 0. The zero-order valence-electron chi connectivity index (χ0n) is 13.2. The van der Waals surface area contributed by atoms with E-state index in [1.165, 1.54) is 49.9 Å². The van der Waals surface area contributed by atoms with Gasteiger partial charge >= 0.3 is 0 Å². The second kappa shape index (κ2) is 5.15. The first-order valence-electron chi connectivity index (χ1n) is 8.60. The lowest BCUT2D eigenvalue weighted by Gasteiger charge is -2.32. The summed E-state index contributed by atoms with van der Waals surface area (Å²) in [6.07, 6.45) is 7.68. The van der Waals surface area contributed by atoms with Crippen molar-refractivity contribution >= 4 is 11.6 Å². The molecule has 4 nitrogen and oxygen atoms in total. The molecule has 0 unspecified atom stereocenters. The Morgan fingerprint density at radius 2 is 1.71 bits per heavy atom. The summed E-state index contributed by atoms with van der Waals surface area (Å²) in [6, 6.07) is 0.653. The molecule has 0 bridgehead atoms. The molecule has 1 saturated heterocycles. The lowest BCUT2D eigenvalue weighted by Crippen LogP contribution is -2.34. The van der Waals surface area contributed by atoms with Crippen molar-refractivity contribution in [3.8, 4) is 0 Å². The van der Waals surface area contributed by atoms with Crippen LogP contribution in [0.1, 0.15) is 62.8 Å². The van der Waals surface area contributed by atoms with Crippen molar-refractivity contribution in [2.24, 2.45) is 5.92 Å². The zero-order valence-corrected chi connectivity index (χ0v) is 13.2. The van der Waals surface area contributed by atoms with Crippen LogP contribution in [0.2, 0.25) is 0 Å². The molecule has 0 spiro atoms. The van der Waals surface area contributed by atoms with Crippen LogP contribution < -0.4 is 10.2 Å². The van der Waals surface area contributed by atoms with Crippen LogP contribution in [0.3, 0.4) is 0 Å². The van der Waals surface area contributed by atoms with Gasteiger partial charge in [-0.3, -0.25) is 0 Å². The van der Waals surface area contributed by atoms with Crippen LogP contribution in [0.4, 0.5) is 11.6 Å². The van der Waals surface area contributed by atoms with E-state index in [4.69, 9.17) is 9.97 Å². The highest BCUT2D eigenvalue weighted by molar-refractivity contribution is 5.60. The molecule has 21 heavy (non-hydrogen) atoms. The lowest BCUT2D eigenvalue weighted by atomic mass is 9.99. The summed E-state index contributed by atoms with van der Waals surface area (Å²) in [6.45, 7) is 6.84. The number of hydrogen-bond acceptors (Lipinski definition) is 4. The van der Waals surface area contributed by atoms with Gasteiger partial charge in [0.2, 0.25) is 0 Å². The Balaban J connectivity index is 1.65. The first kappa shape index (κ1) is 13.4. The number of nitrogens with one attached hydrogen (secondary N) is 1. The van der Waals surface area contributed by atoms with E-state index in [-0.39, 0.29) is 0 Å². The molecule has 0 aromatic carbocycles. The van der Waals surface area contributed by atoms with Crippen molar-refractivity contribution in [1.29, 1.82) is 0 Å². The smallest absolute Gasteiger partial charge is 0.137 e. The van der Waals surface area contributed by atoms with E-state index in [0.29, 0.717) is 12.0 Å². The highest BCUT2D eigenvalue weighted by Gasteiger charge is 2.31. The van der Waals surface area contributed by atoms with E-state index in [1.54, 1.807) is 0 Å². The molecule has 1 aliphatic heterocycles. The fourth-order valence-electron chi connectivity index (χ4n) is 3.14. The quantitative estimate of drug-likeness (QED) is 0.920. The van der Waals surface area contributed by atoms with Gasteiger partial charge in [-0.05, 0) is 51.4 Å². The summed E-state index contributed by atoms with van der Waals surface area (Å²) in [4.78, 5) is 12.3. The molecule has 0 amide bonds. The van der Waals surface area contributed by atoms with Gasteiger partial charge in [-0.25, -0.2) is 9.97 Å². The van der Waals surface area contributed by atoms with Crippen LogP contribution in [-0.4, -0.2) is 29.1 Å². The van der Waals surface area contributed by atoms with E-state index in [2.05, 4.69) is 24.1 Å². The van der Waals surface area contributed by atoms with Gasteiger partial charge in [0.25, 0.3) is 0 Å². The first-order valence-corrected chi connectivity index (χ1v) is 8.60. The van der Waals surface area contributed by atoms with E-state index in [1.807, 2.05) is 0 Å². The molecular formula is C17H26N4. The predicted octanol–water partition coefficient (Wildman–Crippen LogP) is 3.47. The summed E-state index contributed by atoms with van der Waals surface area (Å²) in [5.41, 5.74) is 1.25. The van der Waals surface area contributed by atoms with Crippen molar-refractivity contribution in [3.63, 3.8) is 0 Å². The van der Waals surface area contributed by atoms with Gasteiger partial charge < -0.3 is 10.2 Å². The standard InChI is InChI=1S/C17H26N4/c1-11-7-9-21(10-8-11)17-12(2)15(18-14-5-6-14)19-16(20-17)13-3-4-13/h11,13-14H,3-10H2,1-2H3,(H,18,19,20). The van der Waals surface area contributed by atoms with Crippen molar-refractivity contribution in [3.05, 3.63) is 11.4 Å². The summed E-state index contributed by atoms with van der Waals surface area (Å²) in [5, 5.41) is 3.62. The number of nitrogens with zero attached hydrogens (tertiary/aromatic N) is 3. The third-order valence-electron chi connectivity index (χ3n) is 5.08. The maximum atomic E-state index is 4.95. The van der Waals surface area contributed by atoms with Crippen molar-refractivity contribution in [1.82, 2.24) is 9.97 Å². The monoisotopic (exact) mass is 286 g/mol. The Bertz CT molecular complexity index is 526. The maximum Gasteiger partial charge on any atom is 0.137 e. The number of aromatic nitrogens is 2. The van der Waals surface area contributed by atoms with Crippen molar-refractivity contribution in [2.75, 3.05) is 23.3 Å². The maximum absolute atomic E-state index is 4.95. The number of hydrogen-bond donors (Lipinski definition) is 1. The highest BCUT2D eigenvalue weighted by atomic mass is 15.2. The number of rotatable bonds is 4. The average Bonchev–Trinajstić information content (AvgIpc) is 3.36. The second-order valence-corrected chi connectivity index (χ2v) is 7.24. The van der Waals surface area contributed by atoms with Crippen LogP contribution in [0.25, 0.3) is 0 Å². The first-order chi connectivity index (χ1) is 10.2. The van der Waals surface area contributed by atoms with Crippen molar-refractivity contribution in [2.45, 2.75) is 64.3 Å². The van der Waals surface area contributed by atoms with Gasteiger partial charge in [0.1, 0.15) is 17.5 Å². The second-order valence-electron chi connectivity index (χ2n) is 7.24. The minimum atomic E-state index is 0.618. The van der Waals surface area contributed by atoms with Gasteiger partial charge in [0.15, 0.2) is 0 Å². The Morgan fingerprint density at radius 3 is 2.33 bits per heavy atom. The van der Waals surface area contributed by atoms with Gasteiger partial charge in [0.05, 0.1) is 0 Å². The minimum Gasteiger partial charge on any atom is -0.367 e. The summed E-state index contributed by atoms with van der Waals surface area (Å²) >= 11 is 0. The molecule has 1 N–H and O–H groups in total. The Kier molecular flexibility index (Phi) is 3.27. The van der Waals surface area contributed by atoms with E-state index >= 15 is 0 Å². The molecule has 2 saturated carbocycles. The molecule has 2 aliphatic carbocycles. The van der Waals surface area contributed by atoms with E-state index in [9.17, 15) is 0 Å². The molecule has 3 aliphatic rings. The molecule has 0 radical (unpaired) electrons. The third kappa shape index (κ3) is 2.85. The Hall–Kier alpha value is -1.32. The lowest BCUT2D eigenvalue weighted by molar-refractivity contribution is 0.436. The summed E-state index contributed by atoms with van der Waals surface area (Å²) in [7, 11) is 0. The largest absolute Gasteiger partial charge is 0.367 e. The molecule has 1 aromatic rings. The zero-order chi connectivity index (χ0) is 14.4. The fraction of sp³-hybridized carbons (Fsp3) is 0.765. The SMILES string of the molecule is Cc1c(NC2CC2)nc(C2CC2)nc1N1CCC(C)CC1. The van der Waals surface area contributed by atoms with Gasteiger partial charge in [-0.1, -0.05) is 6.92 Å². The Morgan fingerprint density at radius 1 is 1.00 bits per heavy atom. The Labute approximate surface area is 127 Å². The molecule has 1 aromatic heterocycles. The normalized spacial score (nSPS) is 23.4. The van der Waals surface area contributed by atoms with Crippen LogP contribution >= 0.6 is 0 Å². The number of anilines is 2. The number of piperidine rings is 1. The van der Waals surface area contributed by atoms with Gasteiger partial charge in [-0.15, -0.1) is 0 Å². The van der Waals surface area contributed by atoms with Gasteiger partial charge in [-0.2, -0.15) is 0 Å². The topological polar surface area (TPSA) is 41.1 Å². The molecule has 114 valence electrons. The summed E-state index contributed by atoms with van der Waals surface area (Å²) in [5.74, 6) is 4.85. The molecule has 4 rings (SSSR count). The van der Waals surface area contributed by atoms with Gasteiger partial charge in [0, 0.05) is 30.6 Å². The molecule has 2 heterocycles. The highest BCUT2D eigenvalue weighted by Crippen LogP contribution is 2.41. The third-order valence-corrected chi connectivity index (χ3v) is 5.08. The van der Waals surface area contributed by atoms with Crippen molar-refractivity contribution < 1.29 is 0 Å². The van der Waals surface area contributed by atoms with E-state index < -0.39 is 0 Å². The van der Waals surface area contributed by atoms with Crippen LogP contribution in [-0.2, 0) is 0 Å². The molecule has 0 atom stereocenters. The van der Waals surface area contributed by atoms with Crippen LogP contribution in [0.15, 0.2) is 0 Å². The molecule has 4 heteroatoms. The van der Waals surface area contributed by atoms with E-state index in [0.717, 1.165) is 30.6 Å². The van der Waals surface area contributed by atoms with Crippen LogP contribution in [0, 0.1) is 12.8 Å². The average molecular weight is 286 g/mol. The van der Waals surface area contributed by atoms with Crippen LogP contribution in [0.5, 0.6) is 0 Å². The fourth-order valence-corrected chi connectivity index (χ4v) is 3.14. The minimum absolute atomic E-state index is 0.618. The predicted molar refractivity (Wildman–Crippen MR) is 86.0 cm³/mol. The molecular weight excluding hydrogens is 260 g/mol.